The summed E-state index contributed by atoms with van der Waals surface area (Å²) in [6.07, 6.45) is 4.56. The van der Waals surface area contributed by atoms with Crippen LogP contribution in [-0.4, -0.2) is 29.0 Å². The van der Waals surface area contributed by atoms with E-state index in [4.69, 9.17) is 0 Å². The van der Waals surface area contributed by atoms with Crippen molar-refractivity contribution in [2.24, 2.45) is 0 Å². The van der Waals surface area contributed by atoms with Gasteiger partial charge in [0.15, 0.2) is 0 Å². The van der Waals surface area contributed by atoms with E-state index in [2.05, 4.69) is 52.5 Å². The number of nitrogens with one attached hydrogen (secondary N) is 1. The van der Waals surface area contributed by atoms with Crippen molar-refractivity contribution in [1.29, 1.82) is 0 Å². The van der Waals surface area contributed by atoms with Crippen molar-refractivity contribution < 1.29 is 0 Å². The molecule has 0 aliphatic carbocycles. The Labute approximate surface area is 131 Å². The van der Waals surface area contributed by atoms with Gasteiger partial charge in [0.05, 0.1) is 5.01 Å². The molecule has 2 heterocycles. The lowest BCUT2D eigenvalue weighted by molar-refractivity contribution is 0.183. The predicted octanol–water partition coefficient (Wildman–Crippen LogP) is 3.21. The molecule has 1 aromatic carbocycles. The fourth-order valence-electron chi connectivity index (χ4n) is 2.94. The standard InChI is InChI=1S/C17H23N3S/c1-14-18-10-17(21-14)11-19-16-8-5-9-20(13-16)12-15-6-3-2-4-7-15/h2-4,6-7,10,16,19H,5,8-9,11-13H2,1H3. The molecule has 1 aliphatic heterocycles. The van der Waals surface area contributed by atoms with Crippen LogP contribution in [0, 0.1) is 6.92 Å². The molecule has 1 fully saturated rings. The van der Waals surface area contributed by atoms with Gasteiger partial charge in [-0.05, 0) is 31.9 Å². The predicted molar refractivity (Wildman–Crippen MR) is 88.4 cm³/mol. The Morgan fingerprint density at radius 1 is 1.33 bits per heavy atom. The Kier molecular flexibility index (Phi) is 5.01. The molecule has 0 spiro atoms. The van der Waals surface area contributed by atoms with Gasteiger partial charge in [0.1, 0.15) is 0 Å². The highest BCUT2D eigenvalue weighted by molar-refractivity contribution is 7.11. The third-order valence-corrected chi connectivity index (χ3v) is 4.90. The molecule has 3 nitrogen and oxygen atoms in total. The molecular weight excluding hydrogens is 278 g/mol. The van der Waals surface area contributed by atoms with Crippen LogP contribution in [0.25, 0.3) is 0 Å². The summed E-state index contributed by atoms with van der Waals surface area (Å²) in [4.78, 5) is 8.22. The lowest BCUT2D eigenvalue weighted by Gasteiger charge is -2.33. The number of benzene rings is 1. The van der Waals surface area contributed by atoms with Crippen LogP contribution in [0.1, 0.15) is 28.3 Å². The quantitative estimate of drug-likeness (QED) is 0.919. The van der Waals surface area contributed by atoms with Crippen molar-refractivity contribution in [3.8, 4) is 0 Å². The average Bonchev–Trinajstić information content (AvgIpc) is 2.92. The second-order valence-corrected chi connectivity index (χ2v) is 7.11. The Morgan fingerprint density at radius 3 is 2.95 bits per heavy atom. The van der Waals surface area contributed by atoms with Gasteiger partial charge in [-0.25, -0.2) is 4.98 Å². The number of hydrogen-bond acceptors (Lipinski definition) is 4. The summed E-state index contributed by atoms with van der Waals surface area (Å²) in [7, 11) is 0. The van der Waals surface area contributed by atoms with Gasteiger partial charge in [0, 0.05) is 36.8 Å². The zero-order valence-electron chi connectivity index (χ0n) is 12.6. The lowest BCUT2D eigenvalue weighted by atomic mass is 10.0. The number of aromatic nitrogens is 1. The Balaban J connectivity index is 1.49. The van der Waals surface area contributed by atoms with Crippen LogP contribution in [0.3, 0.4) is 0 Å². The largest absolute Gasteiger partial charge is 0.308 e. The molecule has 1 aromatic heterocycles. The molecule has 0 amide bonds. The molecule has 21 heavy (non-hydrogen) atoms. The van der Waals surface area contributed by atoms with Gasteiger partial charge in [0.2, 0.25) is 0 Å². The summed E-state index contributed by atoms with van der Waals surface area (Å²) in [6, 6.07) is 11.4. The summed E-state index contributed by atoms with van der Waals surface area (Å²) < 4.78 is 0. The first-order valence-corrected chi connectivity index (χ1v) is 8.52. The fourth-order valence-corrected chi connectivity index (χ4v) is 3.69. The van der Waals surface area contributed by atoms with E-state index in [9.17, 15) is 0 Å². The normalized spacial score (nSPS) is 19.8. The van der Waals surface area contributed by atoms with Crippen molar-refractivity contribution in [3.63, 3.8) is 0 Å². The molecule has 0 saturated carbocycles. The minimum absolute atomic E-state index is 0.602. The number of aryl methyl sites for hydroxylation is 1. The van der Waals surface area contributed by atoms with Crippen LogP contribution in [0.5, 0.6) is 0 Å². The molecule has 1 saturated heterocycles. The van der Waals surface area contributed by atoms with E-state index in [1.54, 1.807) is 11.3 Å². The number of likely N-dealkylation sites (tertiary alicyclic amines) is 1. The molecule has 1 atom stereocenters. The van der Waals surface area contributed by atoms with Gasteiger partial charge in [-0.1, -0.05) is 30.3 Å². The van der Waals surface area contributed by atoms with Crippen LogP contribution in [0.4, 0.5) is 0 Å². The van der Waals surface area contributed by atoms with Crippen LogP contribution >= 0.6 is 11.3 Å². The minimum Gasteiger partial charge on any atom is -0.308 e. The summed E-state index contributed by atoms with van der Waals surface area (Å²) in [5, 5.41) is 4.85. The minimum atomic E-state index is 0.602. The highest BCUT2D eigenvalue weighted by Gasteiger charge is 2.19. The lowest BCUT2D eigenvalue weighted by Crippen LogP contribution is -2.44. The molecule has 112 valence electrons. The SMILES string of the molecule is Cc1ncc(CNC2CCCN(Cc3ccccc3)C2)s1. The van der Waals surface area contributed by atoms with Crippen LogP contribution < -0.4 is 5.32 Å². The van der Waals surface area contributed by atoms with Crippen molar-refractivity contribution >= 4 is 11.3 Å². The van der Waals surface area contributed by atoms with E-state index in [0.29, 0.717) is 6.04 Å². The summed E-state index contributed by atoms with van der Waals surface area (Å²) in [6.45, 7) is 6.45. The molecule has 0 radical (unpaired) electrons. The van der Waals surface area contributed by atoms with Gasteiger partial charge in [-0.2, -0.15) is 0 Å². The highest BCUT2D eigenvalue weighted by atomic mass is 32.1. The van der Waals surface area contributed by atoms with E-state index in [-0.39, 0.29) is 0 Å². The van der Waals surface area contributed by atoms with Crippen molar-refractivity contribution in [3.05, 3.63) is 52.0 Å². The summed E-state index contributed by atoms with van der Waals surface area (Å²) in [5.74, 6) is 0. The average molecular weight is 301 g/mol. The van der Waals surface area contributed by atoms with Crippen molar-refractivity contribution in [2.45, 2.75) is 38.9 Å². The molecule has 1 aliphatic rings. The zero-order valence-corrected chi connectivity index (χ0v) is 13.4. The molecule has 4 heteroatoms. The molecule has 1 unspecified atom stereocenters. The topological polar surface area (TPSA) is 28.2 Å². The third-order valence-electron chi connectivity index (χ3n) is 3.99. The van der Waals surface area contributed by atoms with E-state index in [1.807, 2.05) is 6.20 Å². The fraction of sp³-hybridized carbons (Fsp3) is 0.471. The van der Waals surface area contributed by atoms with Gasteiger partial charge >= 0.3 is 0 Å². The Morgan fingerprint density at radius 2 is 2.19 bits per heavy atom. The first-order chi connectivity index (χ1) is 10.3. The maximum absolute atomic E-state index is 4.32. The number of hydrogen-bond donors (Lipinski definition) is 1. The second-order valence-electron chi connectivity index (χ2n) is 5.79. The Hall–Kier alpha value is -1.23. The first-order valence-electron chi connectivity index (χ1n) is 7.70. The van der Waals surface area contributed by atoms with Crippen LogP contribution in [-0.2, 0) is 13.1 Å². The van der Waals surface area contributed by atoms with Gasteiger partial charge in [0.25, 0.3) is 0 Å². The van der Waals surface area contributed by atoms with E-state index >= 15 is 0 Å². The molecule has 2 aromatic rings. The third kappa shape index (κ3) is 4.37. The summed E-state index contributed by atoms with van der Waals surface area (Å²) in [5.41, 5.74) is 1.41. The Bertz CT molecular complexity index is 552. The number of thiazole rings is 1. The summed E-state index contributed by atoms with van der Waals surface area (Å²) >= 11 is 1.79. The molecule has 1 N–H and O–H groups in total. The molecular formula is C17H23N3S. The zero-order chi connectivity index (χ0) is 14.5. The number of nitrogens with zero attached hydrogens (tertiary/aromatic N) is 2. The van der Waals surface area contributed by atoms with Crippen molar-refractivity contribution in [1.82, 2.24) is 15.2 Å². The maximum Gasteiger partial charge on any atom is 0.0897 e. The monoisotopic (exact) mass is 301 g/mol. The molecule has 0 bridgehead atoms. The second kappa shape index (κ2) is 7.16. The highest BCUT2D eigenvalue weighted by Crippen LogP contribution is 2.16. The van der Waals surface area contributed by atoms with Crippen LogP contribution in [0.15, 0.2) is 36.5 Å². The van der Waals surface area contributed by atoms with Crippen LogP contribution in [0.2, 0.25) is 0 Å². The number of rotatable bonds is 5. The maximum atomic E-state index is 4.32. The van der Waals surface area contributed by atoms with Gasteiger partial charge < -0.3 is 5.32 Å². The van der Waals surface area contributed by atoms with Gasteiger partial charge in [-0.15, -0.1) is 11.3 Å². The van der Waals surface area contributed by atoms with E-state index in [1.165, 1.54) is 29.8 Å². The smallest absolute Gasteiger partial charge is 0.0897 e. The molecule has 3 rings (SSSR count). The number of piperidine rings is 1. The first kappa shape index (κ1) is 14.7. The van der Waals surface area contributed by atoms with E-state index < -0.39 is 0 Å². The van der Waals surface area contributed by atoms with E-state index in [0.717, 1.165) is 24.6 Å². The van der Waals surface area contributed by atoms with Crippen molar-refractivity contribution in [2.75, 3.05) is 13.1 Å². The van der Waals surface area contributed by atoms with Gasteiger partial charge in [-0.3, -0.25) is 4.90 Å².